The second kappa shape index (κ2) is 4.80. The minimum atomic E-state index is 0.334. The van der Waals surface area contributed by atoms with Crippen molar-refractivity contribution in [3.63, 3.8) is 0 Å². The van der Waals surface area contributed by atoms with Gasteiger partial charge in [-0.25, -0.2) is 0 Å². The number of allylic oxidation sites excluding steroid dienone is 2. The Labute approximate surface area is 132 Å². The number of nitrogens with one attached hydrogen (secondary N) is 1. The molecule has 0 amide bonds. The van der Waals surface area contributed by atoms with E-state index in [-0.39, 0.29) is 0 Å². The smallest absolute Gasteiger partial charge is 0.0655 e. The van der Waals surface area contributed by atoms with Gasteiger partial charge in [0.1, 0.15) is 0 Å². The van der Waals surface area contributed by atoms with Crippen LogP contribution >= 0.6 is 34.5 Å². The number of halogens is 2. The van der Waals surface area contributed by atoms with E-state index in [4.69, 9.17) is 23.2 Å². The van der Waals surface area contributed by atoms with E-state index in [1.165, 1.54) is 10.4 Å². The molecule has 2 aromatic rings. The predicted molar refractivity (Wildman–Crippen MR) is 87.1 cm³/mol. The average Bonchev–Trinajstić information content (AvgIpc) is 3.09. The fraction of sp³-hybridized carbons (Fsp3) is 0.250. The van der Waals surface area contributed by atoms with Gasteiger partial charge in [-0.1, -0.05) is 41.4 Å². The van der Waals surface area contributed by atoms with Crippen molar-refractivity contribution in [3.8, 4) is 0 Å². The first-order valence-electron chi connectivity index (χ1n) is 6.69. The summed E-state index contributed by atoms with van der Waals surface area (Å²) >= 11 is 14.4. The molecule has 1 aromatic heterocycles. The summed E-state index contributed by atoms with van der Waals surface area (Å²) in [4.78, 5) is 1.38. The maximum atomic E-state index is 6.40. The highest BCUT2D eigenvalue weighted by Gasteiger charge is 2.39. The zero-order valence-corrected chi connectivity index (χ0v) is 13.0. The van der Waals surface area contributed by atoms with E-state index in [1.54, 1.807) is 11.3 Å². The summed E-state index contributed by atoms with van der Waals surface area (Å²) in [5.41, 5.74) is 2.27. The summed E-state index contributed by atoms with van der Waals surface area (Å²) in [5, 5.41) is 7.21. The first-order valence-corrected chi connectivity index (χ1v) is 8.33. The van der Waals surface area contributed by atoms with Crippen molar-refractivity contribution >= 4 is 40.2 Å². The van der Waals surface area contributed by atoms with Crippen molar-refractivity contribution in [2.45, 2.75) is 18.4 Å². The highest BCUT2D eigenvalue weighted by Crippen LogP contribution is 2.52. The molecule has 3 atom stereocenters. The molecule has 4 heteroatoms. The lowest BCUT2D eigenvalue weighted by molar-refractivity contribution is 0.430. The van der Waals surface area contributed by atoms with Crippen molar-refractivity contribution < 1.29 is 0 Å². The van der Waals surface area contributed by atoms with Crippen LogP contribution in [-0.2, 0) is 0 Å². The minimum Gasteiger partial charge on any atom is -0.376 e. The van der Waals surface area contributed by atoms with Crippen LogP contribution in [0.2, 0.25) is 10.0 Å². The molecule has 102 valence electrons. The number of hydrogen-bond acceptors (Lipinski definition) is 2. The van der Waals surface area contributed by atoms with Crippen LogP contribution in [0.3, 0.4) is 0 Å². The van der Waals surface area contributed by atoms with Gasteiger partial charge in [0, 0.05) is 15.8 Å². The standard InChI is InChI=1S/C16H13Cl2NS/c17-9-7-12-10-3-1-4-11(10)16(14-5-2-6-20-14)19-15(12)13(18)8-9/h1-3,5-8,10-11,16,19H,4H2. The Morgan fingerprint density at radius 3 is 2.95 bits per heavy atom. The van der Waals surface area contributed by atoms with E-state index < -0.39 is 0 Å². The van der Waals surface area contributed by atoms with Gasteiger partial charge in [-0.05, 0) is 41.5 Å². The van der Waals surface area contributed by atoms with Gasteiger partial charge in [-0.15, -0.1) is 11.3 Å². The molecule has 0 saturated carbocycles. The van der Waals surface area contributed by atoms with Crippen LogP contribution < -0.4 is 5.32 Å². The van der Waals surface area contributed by atoms with Crippen LogP contribution in [0.25, 0.3) is 0 Å². The lowest BCUT2D eigenvalue weighted by Crippen LogP contribution is -2.28. The lowest BCUT2D eigenvalue weighted by atomic mass is 9.79. The Hall–Kier alpha value is -0.960. The monoisotopic (exact) mass is 321 g/mol. The van der Waals surface area contributed by atoms with Crippen molar-refractivity contribution in [1.82, 2.24) is 0 Å². The molecule has 0 radical (unpaired) electrons. The normalized spacial score (nSPS) is 27.0. The van der Waals surface area contributed by atoms with Gasteiger partial charge in [0.2, 0.25) is 0 Å². The summed E-state index contributed by atoms with van der Waals surface area (Å²) in [6.45, 7) is 0. The SMILES string of the molecule is Clc1cc(Cl)c2c(c1)C1C=CCC1C(c1cccs1)N2. The van der Waals surface area contributed by atoms with E-state index in [2.05, 4.69) is 35.0 Å². The fourth-order valence-electron chi connectivity index (χ4n) is 3.37. The van der Waals surface area contributed by atoms with E-state index in [0.29, 0.717) is 27.9 Å². The number of benzene rings is 1. The molecule has 1 aliphatic carbocycles. The van der Waals surface area contributed by atoms with E-state index in [9.17, 15) is 0 Å². The van der Waals surface area contributed by atoms with Crippen molar-refractivity contribution in [2.24, 2.45) is 5.92 Å². The molecule has 4 rings (SSSR count). The molecule has 0 fully saturated rings. The van der Waals surface area contributed by atoms with Gasteiger partial charge in [0.25, 0.3) is 0 Å². The zero-order valence-electron chi connectivity index (χ0n) is 10.6. The van der Waals surface area contributed by atoms with Crippen LogP contribution in [0.15, 0.2) is 41.8 Å². The van der Waals surface area contributed by atoms with Crippen LogP contribution in [0, 0.1) is 5.92 Å². The highest BCUT2D eigenvalue weighted by molar-refractivity contribution is 7.10. The predicted octanol–water partition coefficient (Wildman–Crippen LogP) is 5.88. The molecule has 1 aromatic carbocycles. The molecule has 2 heterocycles. The molecule has 1 aliphatic heterocycles. The van der Waals surface area contributed by atoms with Crippen LogP contribution in [0.4, 0.5) is 5.69 Å². The number of fused-ring (bicyclic) bond motifs is 3. The summed E-state index contributed by atoms with van der Waals surface area (Å²) < 4.78 is 0. The highest BCUT2D eigenvalue weighted by atomic mass is 35.5. The van der Waals surface area contributed by atoms with Gasteiger partial charge < -0.3 is 5.32 Å². The topological polar surface area (TPSA) is 12.0 Å². The molecule has 3 unspecified atom stereocenters. The molecule has 0 spiro atoms. The summed E-state index contributed by atoms with van der Waals surface area (Å²) in [6.07, 6.45) is 5.68. The van der Waals surface area contributed by atoms with Gasteiger partial charge in [-0.2, -0.15) is 0 Å². The number of thiophene rings is 1. The second-order valence-electron chi connectivity index (χ2n) is 5.34. The van der Waals surface area contributed by atoms with Crippen molar-refractivity contribution in [2.75, 3.05) is 5.32 Å². The Bertz CT molecular complexity index is 678. The lowest BCUT2D eigenvalue weighted by Gasteiger charge is -2.37. The van der Waals surface area contributed by atoms with Gasteiger partial charge in [-0.3, -0.25) is 0 Å². The second-order valence-corrected chi connectivity index (χ2v) is 7.17. The third kappa shape index (κ3) is 1.90. The van der Waals surface area contributed by atoms with Crippen LogP contribution in [0.5, 0.6) is 0 Å². The maximum absolute atomic E-state index is 6.40. The first-order chi connectivity index (χ1) is 9.74. The van der Waals surface area contributed by atoms with Gasteiger partial charge in [0.15, 0.2) is 0 Å². The van der Waals surface area contributed by atoms with Crippen LogP contribution in [0.1, 0.15) is 28.8 Å². The summed E-state index contributed by atoms with van der Waals surface area (Å²) in [7, 11) is 0. The van der Waals surface area contributed by atoms with Gasteiger partial charge >= 0.3 is 0 Å². The largest absolute Gasteiger partial charge is 0.376 e. The fourth-order valence-corrected chi connectivity index (χ4v) is 4.79. The zero-order chi connectivity index (χ0) is 13.7. The molecule has 0 saturated heterocycles. The molecule has 0 bridgehead atoms. The third-order valence-electron chi connectivity index (χ3n) is 4.24. The molecular formula is C16H13Cl2NS. The number of anilines is 1. The summed E-state index contributed by atoms with van der Waals surface area (Å²) in [6, 6.07) is 8.51. The molecule has 20 heavy (non-hydrogen) atoms. The molecule has 1 nitrogen and oxygen atoms in total. The Balaban J connectivity index is 1.86. The van der Waals surface area contributed by atoms with E-state index >= 15 is 0 Å². The molecular weight excluding hydrogens is 309 g/mol. The average molecular weight is 322 g/mol. The van der Waals surface area contributed by atoms with Gasteiger partial charge in [0.05, 0.1) is 16.8 Å². The van der Waals surface area contributed by atoms with Crippen molar-refractivity contribution in [1.29, 1.82) is 0 Å². The molecule has 2 aliphatic rings. The number of hydrogen-bond donors (Lipinski definition) is 1. The minimum absolute atomic E-state index is 0.334. The van der Waals surface area contributed by atoms with Crippen LogP contribution in [-0.4, -0.2) is 0 Å². The number of rotatable bonds is 1. The van der Waals surface area contributed by atoms with Crippen molar-refractivity contribution in [3.05, 3.63) is 62.3 Å². The Kier molecular flexibility index (Phi) is 3.06. The Morgan fingerprint density at radius 1 is 1.25 bits per heavy atom. The maximum Gasteiger partial charge on any atom is 0.0655 e. The third-order valence-corrected chi connectivity index (χ3v) is 5.71. The first kappa shape index (κ1) is 12.8. The quantitative estimate of drug-likeness (QED) is 0.646. The van der Waals surface area contributed by atoms with E-state index in [0.717, 1.165) is 12.1 Å². The Morgan fingerprint density at radius 2 is 2.15 bits per heavy atom. The summed E-state index contributed by atoms with van der Waals surface area (Å²) in [5.74, 6) is 0.963. The molecule has 1 N–H and O–H groups in total. The van der Waals surface area contributed by atoms with E-state index in [1.807, 2.05) is 12.1 Å².